The standard InChI is InChI=1S/C26H26F2N2O4.C23H20F2N2O4/c1-6-34-23(33)26(14-29)20(24(26,2)3)15-10-12-16(13-11-15)21(31)25(4,5)30-22(32)19-17(27)8-7-9-18(19)28;1-4-31-22(30)16(13-26)12-14-8-10-15(11-9-14)20(28)23(2,3)27-21(29)19-17(24)6-5-7-18(19)25/h7-13,20H,6H2,1-5H3,(H,30,32);5-12H,4H2,1-3H3,(H,27,29). The first-order valence-corrected chi connectivity index (χ1v) is 20.2. The highest BCUT2D eigenvalue weighted by Gasteiger charge is 2.78. The predicted molar refractivity (Wildman–Crippen MR) is 229 cm³/mol. The molecule has 0 saturated heterocycles. The van der Waals surface area contributed by atoms with Gasteiger partial charge in [-0.2, -0.15) is 10.5 Å². The van der Waals surface area contributed by atoms with Gasteiger partial charge < -0.3 is 20.1 Å². The molecule has 2 amide bonds. The number of carbonyl (C=O) groups excluding carboxylic acids is 6. The topological polar surface area (TPSA) is 193 Å². The van der Waals surface area contributed by atoms with E-state index in [-0.39, 0.29) is 29.9 Å². The van der Waals surface area contributed by atoms with E-state index in [2.05, 4.69) is 16.7 Å². The van der Waals surface area contributed by atoms with Crippen LogP contribution in [0.3, 0.4) is 0 Å². The number of amides is 2. The zero-order valence-electron chi connectivity index (χ0n) is 36.8. The molecule has 1 aliphatic rings. The fourth-order valence-electron chi connectivity index (χ4n) is 7.34. The Kier molecular flexibility index (Phi) is 15.4. The Morgan fingerprint density at radius 2 is 1.06 bits per heavy atom. The van der Waals surface area contributed by atoms with Gasteiger partial charge in [0.2, 0.25) is 0 Å². The molecule has 12 nitrogen and oxygen atoms in total. The van der Waals surface area contributed by atoms with Crippen molar-refractivity contribution in [2.75, 3.05) is 13.2 Å². The fraction of sp³-hybridized carbons (Fsp3) is 0.306. The number of nitrogens with one attached hydrogen (secondary N) is 2. The first-order chi connectivity index (χ1) is 30.4. The molecule has 2 N–H and O–H groups in total. The van der Waals surface area contributed by atoms with Crippen LogP contribution in [0.15, 0.2) is 90.5 Å². The van der Waals surface area contributed by atoms with E-state index in [1.54, 1.807) is 32.0 Å². The summed E-state index contributed by atoms with van der Waals surface area (Å²) in [6.45, 7) is 12.9. The number of Topliss-reactive ketones (excluding diaryl/α,β-unsaturated/α-hetero) is 2. The summed E-state index contributed by atoms with van der Waals surface area (Å²) in [7, 11) is 0. The Hall–Kier alpha value is -7.46. The van der Waals surface area contributed by atoms with E-state index in [1.807, 2.05) is 13.8 Å². The van der Waals surface area contributed by atoms with Crippen molar-refractivity contribution in [1.82, 2.24) is 10.6 Å². The number of halogens is 4. The van der Waals surface area contributed by atoms with Gasteiger partial charge in [-0.1, -0.05) is 74.5 Å². The van der Waals surface area contributed by atoms with Crippen LogP contribution >= 0.6 is 0 Å². The quantitative estimate of drug-likeness (QED) is 0.0409. The van der Waals surface area contributed by atoms with Crippen molar-refractivity contribution in [2.24, 2.45) is 10.8 Å². The highest BCUT2D eigenvalue weighted by atomic mass is 19.1. The number of nitriles is 2. The maximum absolute atomic E-state index is 13.9. The van der Waals surface area contributed by atoms with Crippen LogP contribution in [-0.4, -0.2) is 59.6 Å². The molecule has 1 aliphatic carbocycles. The summed E-state index contributed by atoms with van der Waals surface area (Å²) in [5.74, 6) is -8.94. The molecule has 338 valence electrons. The molecule has 1 fully saturated rings. The summed E-state index contributed by atoms with van der Waals surface area (Å²) in [6, 6.07) is 22.3. The third-order valence-electron chi connectivity index (χ3n) is 10.8. The van der Waals surface area contributed by atoms with Crippen molar-refractivity contribution in [3.8, 4) is 12.1 Å². The molecule has 2 atom stereocenters. The molecule has 0 radical (unpaired) electrons. The normalized spacial score (nSPS) is 16.3. The van der Waals surface area contributed by atoms with Crippen LogP contribution in [0.4, 0.5) is 17.6 Å². The summed E-state index contributed by atoms with van der Waals surface area (Å²) in [4.78, 5) is 75.0. The van der Waals surface area contributed by atoms with Crippen molar-refractivity contribution in [2.45, 2.75) is 72.4 Å². The number of carbonyl (C=O) groups is 6. The lowest BCUT2D eigenvalue weighted by Gasteiger charge is -2.25. The van der Waals surface area contributed by atoms with E-state index in [0.717, 1.165) is 36.4 Å². The van der Waals surface area contributed by atoms with E-state index in [1.165, 1.54) is 70.2 Å². The van der Waals surface area contributed by atoms with E-state index in [9.17, 15) is 51.6 Å². The monoisotopic (exact) mass is 894 g/mol. The Balaban J connectivity index is 0.000000286. The Morgan fingerprint density at radius 3 is 1.43 bits per heavy atom. The summed E-state index contributed by atoms with van der Waals surface area (Å²) >= 11 is 0. The second-order valence-electron chi connectivity index (χ2n) is 16.4. The molecular formula is C49H46F4N4O8. The molecule has 2 unspecified atom stereocenters. The number of benzene rings is 4. The second kappa shape index (κ2) is 19.9. The number of nitrogens with zero attached hydrogens (tertiary/aromatic N) is 2. The molecule has 65 heavy (non-hydrogen) atoms. The number of rotatable bonds is 14. The fourth-order valence-corrected chi connectivity index (χ4v) is 7.34. The molecule has 0 aliphatic heterocycles. The largest absolute Gasteiger partial charge is 0.465 e. The first kappa shape index (κ1) is 50.2. The van der Waals surface area contributed by atoms with Crippen LogP contribution in [0.25, 0.3) is 6.08 Å². The van der Waals surface area contributed by atoms with Gasteiger partial charge in [0.25, 0.3) is 11.8 Å². The third-order valence-corrected chi connectivity index (χ3v) is 10.8. The Morgan fingerprint density at radius 1 is 0.662 bits per heavy atom. The minimum Gasteiger partial charge on any atom is -0.465 e. The van der Waals surface area contributed by atoms with Crippen LogP contribution in [0.2, 0.25) is 0 Å². The van der Waals surface area contributed by atoms with Gasteiger partial charge in [-0.25, -0.2) is 22.4 Å². The Labute approximate surface area is 373 Å². The summed E-state index contributed by atoms with van der Waals surface area (Å²) in [5, 5.41) is 23.6. The molecule has 0 spiro atoms. The number of esters is 2. The molecule has 1 saturated carbocycles. The molecule has 0 bridgehead atoms. The lowest BCUT2D eigenvalue weighted by molar-refractivity contribution is -0.148. The highest BCUT2D eigenvalue weighted by Crippen LogP contribution is 2.74. The zero-order valence-corrected chi connectivity index (χ0v) is 36.8. The van der Waals surface area contributed by atoms with Gasteiger partial charge in [0, 0.05) is 22.5 Å². The molecular weight excluding hydrogens is 849 g/mol. The average Bonchev–Trinajstić information content (AvgIpc) is 3.77. The summed E-state index contributed by atoms with van der Waals surface area (Å²) in [5.41, 5.74) is -4.98. The highest BCUT2D eigenvalue weighted by molar-refractivity contribution is 6.08. The SMILES string of the molecule is CCOC(=O)C(C#N)=Cc1ccc(C(=O)C(C)(C)NC(=O)c2c(F)cccc2F)cc1.CCOC(=O)C1(C#N)C(c2ccc(C(=O)C(C)(C)NC(=O)c3c(F)cccc3F)cc2)C1(C)C. The summed E-state index contributed by atoms with van der Waals surface area (Å²) in [6.07, 6.45) is 1.32. The lowest BCUT2D eigenvalue weighted by Crippen LogP contribution is -2.50. The molecule has 5 rings (SSSR count). The average molecular weight is 895 g/mol. The van der Waals surface area contributed by atoms with Gasteiger partial charge in [-0.15, -0.1) is 0 Å². The van der Waals surface area contributed by atoms with Gasteiger partial charge in [0.15, 0.2) is 17.0 Å². The molecule has 0 heterocycles. The minimum atomic E-state index is -1.47. The summed E-state index contributed by atoms with van der Waals surface area (Å²) < 4.78 is 65.5. The Bertz CT molecular complexity index is 2610. The van der Waals surface area contributed by atoms with Crippen LogP contribution < -0.4 is 10.6 Å². The molecule has 0 aromatic heterocycles. The van der Waals surface area contributed by atoms with Crippen molar-refractivity contribution in [1.29, 1.82) is 10.5 Å². The number of hydrogen-bond acceptors (Lipinski definition) is 10. The predicted octanol–water partition coefficient (Wildman–Crippen LogP) is 8.38. The van der Waals surface area contributed by atoms with Crippen molar-refractivity contribution < 1.29 is 55.8 Å². The third kappa shape index (κ3) is 10.5. The molecule has 4 aromatic carbocycles. The maximum Gasteiger partial charge on any atom is 0.348 e. The van der Waals surface area contributed by atoms with E-state index >= 15 is 0 Å². The number of ether oxygens (including phenoxy) is 2. The van der Waals surface area contributed by atoms with Crippen molar-refractivity contribution in [3.63, 3.8) is 0 Å². The van der Waals surface area contributed by atoms with Crippen molar-refractivity contribution in [3.05, 3.63) is 147 Å². The van der Waals surface area contributed by atoms with Gasteiger partial charge in [-0.05, 0) is 83.0 Å². The van der Waals surface area contributed by atoms with E-state index < -0.39 is 97.5 Å². The van der Waals surface area contributed by atoms with Crippen LogP contribution in [0.1, 0.15) is 114 Å². The van der Waals surface area contributed by atoms with Gasteiger partial charge >= 0.3 is 11.9 Å². The van der Waals surface area contributed by atoms with Gasteiger partial charge in [0.05, 0.1) is 30.4 Å². The minimum absolute atomic E-state index is 0.128. The smallest absolute Gasteiger partial charge is 0.348 e. The van der Waals surface area contributed by atoms with Gasteiger partial charge in [-0.3, -0.25) is 24.0 Å². The first-order valence-electron chi connectivity index (χ1n) is 20.2. The second-order valence-corrected chi connectivity index (χ2v) is 16.4. The van der Waals surface area contributed by atoms with Crippen LogP contribution in [-0.2, 0) is 19.1 Å². The van der Waals surface area contributed by atoms with Crippen LogP contribution in [0, 0.1) is 56.8 Å². The number of ketones is 2. The number of hydrogen-bond donors (Lipinski definition) is 2. The van der Waals surface area contributed by atoms with Crippen LogP contribution in [0.5, 0.6) is 0 Å². The molecule has 16 heteroatoms. The van der Waals surface area contributed by atoms with Gasteiger partial charge in [0.1, 0.15) is 46.0 Å². The van der Waals surface area contributed by atoms with E-state index in [4.69, 9.17) is 14.7 Å². The maximum atomic E-state index is 13.9. The molecule has 4 aromatic rings. The lowest BCUT2D eigenvalue weighted by atomic mass is 9.91. The van der Waals surface area contributed by atoms with Crippen molar-refractivity contribution >= 4 is 41.4 Å². The van der Waals surface area contributed by atoms with E-state index in [0.29, 0.717) is 11.1 Å². The zero-order chi connectivity index (χ0) is 48.7.